The number of carboxylic acid groups (broad SMARTS) is 8. The number of aliphatic carboxylic acids is 8. The molecule has 0 fully saturated rings. The minimum absolute atomic E-state index is 0. The van der Waals surface area contributed by atoms with Gasteiger partial charge in [-0.15, -0.1) is 0 Å². The van der Waals surface area contributed by atoms with E-state index >= 15 is 0 Å². The molecule has 256 valence electrons. The van der Waals surface area contributed by atoms with E-state index in [9.17, 15) is 79.2 Å². The minimum Gasteiger partial charge on any atom is -0.549 e. The molecule has 0 aromatic heterocycles. The summed E-state index contributed by atoms with van der Waals surface area (Å²) in [7, 11) is 0. The van der Waals surface area contributed by atoms with E-state index in [-0.39, 0.29) is 94.8 Å². The Labute approximate surface area is 297 Å². The average molecular weight is 728 g/mol. The van der Waals surface area contributed by atoms with Gasteiger partial charge in [-0.25, -0.2) is 0 Å². The first kappa shape index (κ1) is 55.6. The molecule has 0 radical (unpaired) electrons. The van der Waals surface area contributed by atoms with Crippen LogP contribution in [-0.2, 0) is 81.8 Å². The molecule has 0 aromatic rings. The van der Waals surface area contributed by atoms with Gasteiger partial charge in [0.25, 0.3) is 0 Å². The topological polar surface area (TPSA) is 321 Å². The molecular weight excluding hydrogens is 688 g/mol. The predicted molar refractivity (Wildman–Crippen MR) is 132 cm³/mol. The zero-order valence-corrected chi connectivity index (χ0v) is 30.3. The molecule has 0 rings (SSSR count). The molecule has 0 atom stereocenters. The Balaban J connectivity index is -0.000000114. The summed E-state index contributed by atoms with van der Waals surface area (Å²) in [6, 6.07) is 0. The number of carbonyl (C=O) groups excluding carboxylic acids is 8. The van der Waals surface area contributed by atoms with Crippen molar-refractivity contribution >= 4 is 47.8 Å². The van der Waals surface area contributed by atoms with Gasteiger partial charge in [0.15, 0.2) is 0 Å². The molecule has 0 unspecified atom stereocenters. The second-order valence-electron chi connectivity index (χ2n) is 9.46. The monoisotopic (exact) mass is 728 g/mol. The fourth-order valence-corrected chi connectivity index (χ4v) is 3.64. The van der Waals surface area contributed by atoms with Crippen molar-refractivity contribution in [2.45, 2.75) is 107 Å². The molecule has 0 aromatic carbocycles. The van der Waals surface area contributed by atoms with Crippen molar-refractivity contribution in [3.8, 4) is 0 Å². The van der Waals surface area contributed by atoms with E-state index in [0.29, 0.717) is 0 Å². The van der Waals surface area contributed by atoms with Crippen LogP contribution in [0.5, 0.6) is 0 Å². The molecule has 0 saturated carbocycles. The van der Waals surface area contributed by atoms with Crippen molar-refractivity contribution in [2.75, 3.05) is 0 Å². The third-order valence-corrected chi connectivity index (χ3v) is 7.95. The van der Waals surface area contributed by atoms with Gasteiger partial charge in [-0.1, -0.05) is 55.4 Å². The van der Waals surface area contributed by atoms with Crippen molar-refractivity contribution in [1.82, 2.24) is 0 Å². The summed E-state index contributed by atoms with van der Waals surface area (Å²) in [5.74, 6) is -12.5. The first-order valence-corrected chi connectivity index (χ1v) is 13.8. The van der Waals surface area contributed by atoms with E-state index in [1.807, 2.05) is 0 Å². The van der Waals surface area contributed by atoms with Gasteiger partial charge in [0.2, 0.25) is 0 Å². The van der Waals surface area contributed by atoms with Gasteiger partial charge in [-0.05, 0) is 51.4 Å². The maximum atomic E-state index is 10.4. The molecule has 0 amide bonds. The van der Waals surface area contributed by atoms with Gasteiger partial charge in [-0.3, -0.25) is 0 Å². The second kappa shape index (κ2) is 25.3. The fourth-order valence-electron chi connectivity index (χ4n) is 3.64. The Morgan fingerprint density at radius 2 is 0.348 bits per heavy atom. The van der Waals surface area contributed by atoms with E-state index in [2.05, 4.69) is 0 Å². The molecule has 46 heavy (non-hydrogen) atoms. The van der Waals surface area contributed by atoms with E-state index in [1.165, 1.54) is 55.4 Å². The Morgan fingerprint density at radius 3 is 0.348 bits per heavy atom. The molecular formula is C28H40O16Ti2. The standard InChI is InChI=1S/4C7H12O4.2Ti/c4*1-3-7(4-2,5(8)9)6(10)11;;/h4*3-4H2,1-2H3,(H,8,9)(H,10,11);;/q;;;;2*+4/p-8. The van der Waals surface area contributed by atoms with Crippen molar-refractivity contribution < 1.29 is 123 Å². The third-order valence-electron chi connectivity index (χ3n) is 7.95. The third kappa shape index (κ3) is 13.9. The molecule has 0 saturated heterocycles. The number of rotatable bonds is 16. The molecule has 0 spiro atoms. The second-order valence-corrected chi connectivity index (χ2v) is 9.46. The molecule has 0 heterocycles. The van der Waals surface area contributed by atoms with Crippen LogP contribution in [0.15, 0.2) is 0 Å². The van der Waals surface area contributed by atoms with Crippen molar-refractivity contribution in [3.63, 3.8) is 0 Å². The largest absolute Gasteiger partial charge is 4.00 e. The quantitative estimate of drug-likeness (QED) is 0.105. The van der Waals surface area contributed by atoms with Gasteiger partial charge in [-0.2, -0.15) is 0 Å². The number of hydrogen-bond acceptors (Lipinski definition) is 16. The van der Waals surface area contributed by atoms with Crippen LogP contribution in [0.2, 0.25) is 0 Å². The van der Waals surface area contributed by atoms with E-state index in [4.69, 9.17) is 0 Å². The van der Waals surface area contributed by atoms with Crippen LogP contribution in [0.1, 0.15) is 107 Å². The summed E-state index contributed by atoms with van der Waals surface area (Å²) < 4.78 is 0. The molecule has 18 heteroatoms. The maximum Gasteiger partial charge on any atom is 4.00 e. The Kier molecular flexibility index (Phi) is 30.6. The summed E-state index contributed by atoms with van der Waals surface area (Å²) in [6.07, 6.45) is -0.0463. The van der Waals surface area contributed by atoms with Gasteiger partial charge < -0.3 is 79.2 Å². The zero-order valence-electron chi connectivity index (χ0n) is 27.2. The summed E-state index contributed by atoms with van der Waals surface area (Å²) >= 11 is 0. The van der Waals surface area contributed by atoms with Crippen LogP contribution in [0.25, 0.3) is 0 Å². The zero-order chi connectivity index (χ0) is 36.3. The average Bonchev–Trinajstić information content (AvgIpc) is 2.92. The first-order chi connectivity index (χ1) is 20.0. The summed E-state index contributed by atoms with van der Waals surface area (Å²) in [4.78, 5) is 83.1. The van der Waals surface area contributed by atoms with Crippen LogP contribution < -0.4 is 40.9 Å². The van der Waals surface area contributed by atoms with Crippen LogP contribution >= 0.6 is 0 Å². The maximum absolute atomic E-state index is 10.4. The minimum atomic E-state index is -1.81. The molecule has 16 nitrogen and oxygen atoms in total. The predicted octanol–water partition coefficient (Wildman–Crippen LogP) is -6.83. The fraction of sp³-hybridized carbons (Fsp3) is 0.714. The summed E-state index contributed by atoms with van der Waals surface area (Å²) in [5, 5.41) is 83.1. The van der Waals surface area contributed by atoms with E-state index in [0.717, 1.165) is 0 Å². The van der Waals surface area contributed by atoms with Gasteiger partial charge >= 0.3 is 43.4 Å². The summed E-state index contributed by atoms with van der Waals surface area (Å²) in [6.45, 7) is 11.8. The van der Waals surface area contributed by atoms with Gasteiger partial charge in [0.05, 0.1) is 47.8 Å². The van der Waals surface area contributed by atoms with Crippen LogP contribution in [0.4, 0.5) is 0 Å². The Morgan fingerprint density at radius 1 is 0.283 bits per heavy atom. The van der Waals surface area contributed by atoms with Crippen molar-refractivity contribution in [2.24, 2.45) is 21.7 Å². The number of carbonyl (C=O) groups is 8. The first-order valence-electron chi connectivity index (χ1n) is 13.8. The molecule has 0 aliphatic carbocycles. The SMILES string of the molecule is CCC(CC)(C(=O)[O-])C(=O)[O-].CCC(CC)(C(=O)[O-])C(=O)[O-].CCC(CC)(C(=O)[O-])C(=O)[O-].CCC(CC)(C(=O)[O-])C(=O)[O-].[Ti+4].[Ti+4]. The Hall–Kier alpha value is -2.81. The van der Waals surface area contributed by atoms with Crippen molar-refractivity contribution in [1.29, 1.82) is 0 Å². The van der Waals surface area contributed by atoms with Gasteiger partial charge in [0.1, 0.15) is 0 Å². The molecule has 0 bridgehead atoms. The molecule has 0 aliphatic heterocycles. The van der Waals surface area contributed by atoms with Gasteiger partial charge in [0, 0.05) is 21.7 Å². The summed E-state index contributed by atoms with van der Waals surface area (Å²) in [5.41, 5.74) is -7.22. The normalized spacial score (nSPS) is 10.6. The molecule has 0 N–H and O–H groups in total. The van der Waals surface area contributed by atoms with E-state index < -0.39 is 69.4 Å². The van der Waals surface area contributed by atoms with Crippen LogP contribution in [0.3, 0.4) is 0 Å². The Bertz CT molecular complexity index is 785. The van der Waals surface area contributed by atoms with E-state index in [1.54, 1.807) is 0 Å². The molecule has 0 aliphatic rings. The van der Waals surface area contributed by atoms with Crippen LogP contribution in [-0.4, -0.2) is 47.8 Å². The number of hydrogen-bond donors (Lipinski definition) is 0. The smallest absolute Gasteiger partial charge is 0.549 e. The van der Waals surface area contributed by atoms with Crippen LogP contribution in [0, 0.1) is 21.7 Å². The number of carboxylic acids is 8. The van der Waals surface area contributed by atoms with Crippen molar-refractivity contribution in [3.05, 3.63) is 0 Å².